The lowest BCUT2D eigenvalue weighted by atomic mass is 9.74. The maximum Gasteiger partial charge on any atom is 0.231 e. The van der Waals surface area contributed by atoms with Crippen molar-refractivity contribution < 1.29 is 19.0 Å². The minimum Gasteiger partial charge on any atom is -0.454 e. The summed E-state index contributed by atoms with van der Waals surface area (Å²) in [6.07, 6.45) is 4.83. The Morgan fingerprint density at radius 3 is 2.83 bits per heavy atom. The maximum atomic E-state index is 12.7. The molecule has 1 amide bonds. The van der Waals surface area contributed by atoms with Crippen LogP contribution in [0.15, 0.2) is 18.2 Å². The quantitative estimate of drug-likeness (QED) is 0.734. The van der Waals surface area contributed by atoms with E-state index in [1.807, 2.05) is 6.07 Å². The second kappa shape index (κ2) is 10.0. The highest BCUT2D eigenvalue weighted by Crippen LogP contribution is 2.40. The number of hydrogen-bond acceptors (Lipinski definition) is 5. The summed E-state index contributed by atoms with van der Waals surface area (Å²) in [5.74, 6) is 2.76. The van der Waals surface area contributed by atoms with Gasteiger partial charge in [0.2, 0.25) is 12.7 Å². The molecule has 1 aromatic rings. The molecule has 2 fully saturated rings. The molecule has 0 bridgehead atoms. The van der Waals surface area contributed by atoms with Crippen molar-refractivity contribution in [2.75, 3.05) is 39.6 Å². The van der Waals surface area contributed by atoms with Crippen LogP contribution >= 0.6 is 12.4 Å². The first-order chi connectivity index (χ1) is 13.7. The average molecular weight is 425 g/mol. The van der Waals surface area contributed by atoms with Crippen molar-refractivity contribution in [3.8, 4) is 11.5 Å². The fourth-order valence-corrected chi connectivity index (χ4v) is 4.72. The van der Waals surface area contributed by atoms with Gasteiger partial charge in [-0.15, -0.1) is 12.4 Å². The third-order valence-corrected chi connectivity index (χ3v) is 6.71. The fourth-order valence-electron chi connectivity index (χ4n) is 4.72. The average Bonchev–Trinajstić information content (AvgIpc) is 3.21. The molecule has 0 spiro atoms. The van der Waals surface area contributed by atoms with E-state index in [2.05, 4.69) is 29.7 Å². The third kappa shape index (κ3) is 5.16. The van der Waals surface area contributed by atoms with Gasteiger partial charge in [0.15, 0.2) is 11.5 Å². The molecule has 162 valence electrons. The normalized spacial score (nSPS) is 23.7. The Labute approximate surface area is 179 Å². The number of carbonyl (C=O) groups excluding carboxylic acids is 1. The van der Waals surface area contributed by atoms with Crippen LogP contribution in [0.1, 0.15) is 44.6 Å². The van der Waals surface area contributed by atoms with Crippen molar-refractivity contribution in [2.24, 2.45) is 11.8 Å². The topological polar surface area (TPSA) is 68.8 Å². The number of fused-ring (bicyclic) bond motifs is 1. The molecule has 3 heterocycles. The summed E-state index contributed by atoms with van der Waals surface area (Å²) in [6.45, 7) is 6.70. The molecule has 2 saturated heterocycles. The van der Waals surface area contributed by atoms with Crippen LogP contribution in [0.25, 0.3) is 0 Å². The monoisotopic (exact) mass is 424 g/mol. The van der Waals surface area contributed by atoms with Crippen LogP contribution in [0, 0.1) is 11.8 Å². The van der Waals surface area contributed by atoms with Gasteiger partial charge in [-0.1, -0.05) is 13.0 Å². The van der Waals surface area contributed by atoms with Gasteiger partial charge >= 0.3 is 0 Å². The summed E-state index contributed by atoms with van der Waals surface area (Å²) in [5.41, 5.74) is 1.09. The summed E-state index contributed by atoms with van der Waals surface area (Å²) in [4.78, 5) is 12.7. The molecular formula is C22H33ClN2O4. The van der Waals surface area contributed by atoms with E-state index >= 15 is 0 Å². The van der Waals surface area contributed by atoms with Crippen LogP contribution in [-0.2, 0) is 14.9 Å². The van der Waals surface area contributed by atoms with Gasteiger partial charge in [0.1, 0.15) is 0 Å². The molecule has 0 aromatic heterocycles. The Hall–Kier alpha value is -1.50. The molecule has 2 N–H and O–H groups in total. The second-order valence-electron chi connectivity index (χ2n) is 8.53. The first-order valence-corrected chi connectivity index (χ1v) is 10.6. The SMILES string of the molecule is CC(CC(=O)NCC1(c2ccc3c(c2)OCO3)CCOCC1)C1CCCNC1.Cl. The molecule has 3 aliphatic heterocycles. The second-order valence-corrected chi connectivity index (χ2v) is 8.53. The minimum absolute atomic E-state index is 0. The minimum atomic E-state index is -0.107. The zero-order valence-electron chi connectivity index (χ0n) is 17.2. The van der Waals surface area contributed by atoms with Gasteiger partial charge < -0.3 is 24.8 Å². The van der Waals surface area contributed by atoms with E-state index in [0.29, 0.717) is 38.0 Å². The lowest BCUT2D eigenvalue weighted by Gasteiger charge is -2.38. The molecule has 7 heteroatoms. The van der Waals surface area contributed by atoms with E-state index in [1.165, 1.54) is 18.4 Å². The maximum absolute atomic E-state index is 12.7. The first kappa shape index (κ1) is 22.2. The van der Waals surface area contributed by atoms with Gasteiger partial charge in [-0.2, -0.15) is 0 Å². The number of benzene rings is 1. The van der Waals surface area contributed by atoms with E-state index in [9.17, 15) is 4.79 Å². The summed E-state index contributed by atoms with van der Waals surface area (Å²) < 4.78 is 16.6. The Morgan fingerprint density at radius 1 is 1.28 bits per heavy atom. The largest absolute Gasteiger partial charge is 0.454 e. The number of hydrogen-bond donors (Lipinski definition) is 2. The van der Waals surface area contributed by atoms with Gasteiger partial charge in [0.05, 0.1) is 0 Å². The highest BCUT2D eigenvalue weighted by atomic mass is 35.5. The number of ether oxygens (including phenoxy) is 3. The zero-order valence-corrected chi connectivity index (χ0v) is 18.0. The number of nitrogens with one attached hydrogen (secondary N) is 2. The van der Waals surface area contributed by atoms with E-state index in [-0.39, 0.29) is 30.5 Å². The third-order valence-electron chi connectivity index (χ3n) is 6.71. The number of halogens is 1. The zero-order chi connectivity index (χ0) is 19.4. The van der Waals surface area contributed by atoms with Crippen molar-refractivity contribution in [3.63, 3.8) is 0 Å². The van der Waals surface area contributed by atoms with Gasteiger partial charge in [-0.05, 0) is 68.3 Å². The molecule has 0 aliphatic carbocycles. The molecule has 6 nitrogen and oxygen atoms in total. The number of rotatable bonds is 6. The highest BCUT2D eigenvalue weighted by molar-refractivity contribution is 5.85. The van der Waals surface area contributed by atoms with Crippen LogP contribution in [0.4, 0.5) is 0 Å². The van der Waals surface area contributed by atoms with Crippen molar-refractivity contribution in [3.05, 3.63) is 23.8 Å². The lowest BCUT2D eigenvalue weighted by molar-refractivity contribution is -0.122. The molecule has 0 saturated carbocycles. The Morgan fingerprint density at radius 2 is 2.07 bits per heavy atom. The van der Waals surface area contributed by atoms with Crippen LogP contribution < -0.4 is 20.1 Å². The number of piperidine rings is 1. The summed E-state index contributed by atoms with van der Waals surface area (Å²) in [6, 6.07) is 6.17. The predicted octanol–water partition coefficient (Wildman–Crippen LogP) is 3.03. The van der Waals surface area contributed by atoms with Crippen LogP contribution in [0.2, 0.25) is 0 Å². The molecular weight excluding hydrogens is 392 g/mol. The molecule has 4 rings (SSSR count). The molecule has 2 atom stereocenters. The molecule has 1 aromatic carbocycles. The van der Waals surface area contributed by atoms with Gasteiger partial charge in [0, 0.05) is 31.6 Å². The number of carbonyl (C=O) groups is 1. The van der Waals surface area contributed by atoms with Crippen molar-refractivity contribution in [1.29, 1.82) is 0 Å². The standard InChI is InChI=1S/C22H32N2O4.ClH/c1-16(17-3-2-8-23-13-17)11-21(25)24-14-22(6-9-26-10-7-22)18-4-5-19-20(12-18)28-15-27-19;/h4-5,12,16-17,23H,2-3,6-11,13-15H2,1H3,(H,24,25);1H. The summed E-state index contributed by atoms with van der Waals surface area (Å²) in [5, 5.41) is 6.70. The van der Waals surface area contributed by atoms with Crippen molar-refractivity contribution >= 4 is 18.3 Å². The highest BCUT2D eigenvalue weighted by Gasteiger charge is 2.36. The fraction of sp³-hybridized carbons (Fsp3) is 0.682. The van der Waals surface area contributed by atoms with Crippen LogP contribution in [-0.4, -0.2) is 45.5 Å². The van der Waals surface area contributed by atoms with Gasteiger partial charge in [-0.25, -0.2) is 0 Å². The lowest BCUT2D eigenvalue weighted by Crippen LogP contribution is -2.45. The van der Waals surface area contributed by atoms with Crippen LogP contribution in [0.3, 0.4) is 0 Å². The van der Waals surface area contributed by atoms with Gasteiger partial charge in [0.25, 0.3) is 0 Å². The van der Waals surface area contributed by atoms with E-state index in [0.717, 1.165) is 37.4 Å². The number of amides is 1. The van der Waals surface area contributed by atoms with E-state index in [1.54, 1.807) is 0 Å². The molecule has 29 heavy (non-hydrogen) atoms. The first-order valence-electron chi connectivity index (χ1n) is 10.6. The Kier molecular flexibility index (Phi) is 7.66. The molecule has 0 radical (unpaired) electrons. The van der Waals surface area contributed by atoms with E-state index < -0.39 is 0 Å². The smallest absolute Gasteiger partial charge is 0.231 e. The summed E-state index contributed by atoms with van der Waals surface area (Å²) >= 11 is 0. The van der Waals surface area contributed by atoms with Crippen molar-refractivity contribution in [1.82, 2.24) is 10.6 Å². The summed E-state index contributed by atoms with van der Waals surface area (Å²) in [7, 11) is 0. The van der Waals surface area contributed by atoms with E-state index in [4.69, 9.17) is 14.2 Å². The molecule has 2 unspecified atom stereocenters. The Bertz CT molecular complexity index is 687. The van der Waals surface area contributed by atoms with Crippen LogP contribution in [0.5, 0.6) is 11.5 Å². The van der Waals surface area contributed by atoms with Gasteiger partial charge in [-0.3, -0.25) is 4.79 Å². The molecule has 3 aliphatic rings. The Balaban J connectivity index is 0.00000240. The van der Waals surface area contributed by atoms with Crippen molar-refractivity contribution in [2.45, 2.75) is 44.4 Å². The predicted molar refractivity (Wildman–Crippen MR) is 114 cm³/mol.